The number of aromatic nitrogens is 2. The van der Waals surface area contributed by atoms with Crippen LogP contribution in [-0.4, -0.2) is 57.3 Å². The fraction of sp³-hybridized carbons (Fsp3) is 0.550. The molecule has 1 aliphatic heterocycles. The number of hydrogen-bond donors (Lipinski definition) is 0. The zero-order chi connectivity index (χ0) is 18.8. The zero-order valence-electron chi connectivity index (χ0n) is 16.2. The molecule has 0 bridgehead atoms. The molecule has 140 valence electrons. The fourth-order valence-electron chi connectivity index (χ4n) is 3.64. The molecule has 1 fully saturated rings. The van der Waals surface area contributed by atoms with Crippen molar-refractivity contribution in [2.75, 3.05) is 26.2 Å². The number of rotatable bonds is 3. The Balaban J connectivity index is 1.80. The standard InChI is InChI=1S/C20H28N4O2/c1-5-18(25)23-9-6-10-24(12-11-23)20(26)15-7-8-17-16(13-15)21-19(14(2)3)22(17)4/h7-8,13-14H,5-6,9-12H2,1-4H3. The lowest BCUT2D eigenvalue weighted by Gasteiger charge is -2.22. The average molecular weight is 356 g/mol. The van der Waals surface area contributed by atoms with Gasteiger partial charge < -0.3 is 14.4 Å². The summed E-state index contributed by atoms with van der Waals surface area (Å²) >= 11 is 0. The van der Waals surface area contributed by atoms with Crippen LogP contribution in [0.2, 0.25) is 0 Å². The first-order valence-electron chi connectivity index (χ1n) is 9.45. The van der Waals surface area contributed by atoms with Crippen molar-refractivity contribution < 1.29 is 9.59 Å². The van der Waals surface area contributed by atoms with Crippen LogP contribution in [0.4, 0.5) is 0 Å². The molecule has 1 saturated heterocycles. The summed E-state index contributed by atoms with van der Waals surface area (Å²) in [6, 6.07) is 5.76. The Labute approximate surface area is 154 Å². The van der Waals surface area contributed by atoms with Crippen molar-refractivity contribution in [2.45, 2.75) is 39.5 Å². The van der Waals surface area contributed by atoms with Gasteiger partial charge in [-0.25, -0.2) is 4.98 Å². The minimum absolute atomic E-state index is 0.0226. The van der Waals surface area contributed by atoms with Crippen molar-refractivity contribution in [1.29, 1.82) is 0 Å². The summed E-state index contributed by atoms with van der Waals surface area (Å²) in [5, 5.41) is 0. The normalized spacial score (nSPS) is 15.6. The predicted octanol–water partition coefficient (Wildman–Crippen LogP) is 2.78. The van der Waals surface area contributed by atoms with E-state index in [4.69, 9.17) is 4.98 Å². The molecule has 1 aliphatic rings. The molecule has 0 radical (unpaired) electrons. The quantitative estimate of drug-likeness (QED) is 0.850. The molecule has 3 rings (SSSR count). The van der Waals surface area contributed by atoms with Crippen LogP contribution in [0.15, 0.2) is 18.2 Å². The van der Waals surface area contributed by atoms with E-state index in [-0.39, 0.29) is 11.8 Å². The Morgan fingerprint density at radius 1 is 1.12 bits per heavy atom. The number of carbonyl (C=O) groups excluding carboxylic acids is 2. The molecule has 0 aliphatic carbocycles. The van der Waals surface area contributed by atoms with E-state index in [1.54, 1.807) is 0 Å². The van der Waals surface area contributed by atoms with Crippen LogP contribution in [0.3, 0.4) is 0 Å². The van der Waals surface area contributed by atoms with Crippen LogP contribution in [0, 0.1) is 0 Å². The van der Waals surface area contributed by atoms with Gasteiger partial charge in [0.15, 0.2) is 0 Å². The highest BCUT2D eigenvalue weighted by Crippen LogP contribution is 2.22. The van der Waals surface area contributed by atoms with Crippen molar-refractivity contribution in [3.05, 3.63) is 29.6 Å². The number of fused-ring (bicyclic) bond motifs is 1. The topological polar surface area (TPSA) is 58.4 Å². The van der Waals surface area contributed by atoms with Gasteiger partial charge in [0.25, 0.3) is 5.91 Å². The van der Waals surface area contributed by atoms with Crippen molar-refractivity contribution in [2.24, 2.45) is 7.05 Å². The van der Waals surface area contributed by atoms with Crippen LogP contribution >= 0.6 is 0 Å². The summed E-state index contributed by atoms with van der Waals surface area (Å²) in [5.74, 6) is 1.54. The Hall–Kier alpha value is -2.37. The summed E-state index contributed by atoms with van der Waals surface area (Å²) in [4.78, 5) is 33.3. The fourth-order valence-corrected chi connectivity index (χ4v) is 3.64. The van der Waals surface area contributed by atoms with Crippen molar-refractivity contribution in [3.63, 3.8) is 0 Å². The van der Waals surface area contributed by atoms with Gasteiger partial charge in [-0.15, -0.1) is 0 Å². The maximum Gasteiger partial charge on any atom is 0.253 e. The smallest absolute Gasteiger partial charge is 0.253 e. The number of aryl methyl sites for hydroxylation is 1. The number of imidazole rings is 1. The lowest BCUT2D eigenvalue weighted by molar-refractivity contribution is -0.130. The molecule has 0 spiro atoms. The number of nitrogens with zero attached hydrogens (tertiary/aromatic N) is 4. The summed E-state index contributed by atoms with van der Waals surface area (Å²) in [6.45, 7) is 8.73. The molecule has 2 heterocycles. The number of benzene rings is 1. The van der Waals surface area contributed by atoms with Gasteiger partial charge in [-0.2, -0.15) is 0 Å². The van der Waals surface area contributed by atoms with Crippen molar-refractivity contribution in [1.82, 2.24) is 19.4 Å². The highest BCUT2D eigenvalue weighted by Gasteiger charge is 2.23. The van der Waals surface area contributed by atoms with E-state index >= 15 is 0 Å². The minimum Gasteiger partial charge on any atom is -0.341 e. The molecule has 0 unspecified atom stereocenters. The van der Waals surface area contributed by atoms with E-state index in [2.05, 4.69) is 18.4 Å². The van der Waals surface area contributed by atoms with Gasteiger partial charge in [0, 0.05) is 51.1 Å². The van der Waals surface area contributed by atoms with E-state index in [0.29, 0.717) is 37.5 Å². The van der Waals surface area contributed by atoms with Gasteiger partial charge >= 0.3 is 0 Å². The minimum atomic E-state index is 0.0226. The highest BCUT2D eigenvalue weighted by molar-refractivity contribution is 5.97. The van der Waals surface area contributed by atoms with Crippen LogP contribution in [-0.2, 0) is 11.8 Å². The first-order valence-corrected chi connectivity index (χ1v) is 9.45. The maximum atomic E-state index is 13.0. The number of hydrogen-bond acceptors (Lipinski definition) is 3. The second kappa shape index (κ2) is 7.48. The summed E-state index contributed by atoms with van der Waals surface area (Å²) in [7, 11) is 2.01. The number of amides is 2. The van der Waals surface area contributed by atoms with Crippen LogP contribution in [0.25, 0.3) is 11.0 Å². The third-order valence-corrected chi connectivity index (χ3v) is 5.12. The van der Waals surface area contributed by atoms with E-state index in [1.807, 2.05) is 42.0 Å². The average Bonchev–Trinajstić information content (AvgIpc) is 2.82. The first-order chi connectivity index (χ1) is 12.4. The Kier molecular flexibility index (Phi) is 5.30. The zero-order valence-corrected chi connectivity index (χ0v) is 16.2. The lowest BCUT2D eigenvalue weighted by atomic mass is 10.1. The van der Waals surface area contributed by atoms with Crippen LogP contribution in [0.1, 0.15) is 55.7 Å². The van der Waals surface area contributed by atoms with Crippen molar-refractivity contribution >= 4 is 22.8 Å². The molecule has 2 amide bonds. The van der Waals surface area contributed by atoms with Gasteiger partial charge in [-0.3, -0.25) is 9.59 Å². The van der Waals surface area contributed by atoms with Crippen LogP contribution in [0.5, 0.6) is 0 Å². The Morgan fingerprint density at radius 2 is 1.81 bits per heavy atom. The van der Waals surface area contributed by atoms with E-state index in [9.17, 15) is 9.59 Å². The van der Waals surface area contributed by atoms with Gasteiger partial charge in [-0.05, 0) is 24.6 Å². The Morgan fingerprint density at radius 3 is 2.50 bits per heavy atom. The van der Waals surface area contributed by atoms with Gasteiger partial charge in [0.1, 0.15) is 5.82 Å². The monoisotopic (exact) mass is 356 g/mol. The third-order valence-electron chi connectivity index (χ3n) is 5.12. The molecule has 0 atom stereocenters. The molecule has 26 heavy (non-hydrogen) atoms. The van der Waals surface area contributed by atoms with E-state index in [1.165, 1.54) is 0 Å². The second-order valence-electron chi connectivity index (χ2n) is 7.27. The SMILES string of the molecule is CCC(=O)N1CCCN(C(=O)c2ccc3c(c2)nc(C(C)C)n3C)CC1. The molecule has 0 N–H and O–H groups in total. The molecule has 2 aromatic rings. The maximum absolute atomic E-state index is 13.0. The van der Waals surface area contributed by atoms with Gasteiger partial charge in [0.2, 0.25) is 5.91 Å². The predicted molar refractivity (Wildman–Crippen MR) is 102 cm³/mol. The highest BCUT2D eigenvalue weighted by atomic mass is 16.2. The summed E-state index contributed by atoms with van der Waals surface area (Å²) in [5.41, 5.74) is 2.57. The van der Waals surface area contributed by atoms with Gasteiger partial charge in [0.05, 0.1) is 11.0 Å². The summed E-state index contributed by atoms with van der Waals surface area (Å²) in [6.07, 6.45) is 1.34. The molecular formula is C20H28N4O2. The molecule has 1 aromatic carbocycles. The Bertz CT molecular complexity index is 825. The summed E-state index contributed by atoms with van der Waals surface area (Å²) < 4.78 is 2.09. The first kappa shape index (κ1) is 18.4. The van der Waals surface area contributed by atoms with E-state index in [0.717, 1.165) is 29.8 Å². The van der Waals surface area contributed by atoms with E-state index < -0.39 is 0 Å². The molecular weight excluding hydrogens is 328 g/mol. The lowest BCUT2D eigenvalue weighted by Crippen LogP contribution is -2.37. The third kappa shape index (κ3) is 3.45. The molecule has 1 aromatic heterocycles. The largest absolute Gasteiger partial charge is 0.341 e. The van der Waals surface area contributed by atoms with Crippen LogP contribution < -0.4 is 0 Å². The number of carbonyl (C=O) groups is 2. The van der Waals surface area contributed by atoms with Gasteiger partial charge in [-0.1, -0.05) is 20.8 Å². The molecule has 0 saturated carbocycles. The van der Waals surface area contributed by atoms with Crippen molar-refractivity contribution in [3.8, 4) is 0 Å². The molecule has 6 heteroatoms. The molecule has 6 nitrogen and oxygen atoms in total. The second-order valence-corrected chi connectivity index (χ2v) is 7.27.